The van der Waals surface area contributed by atoms with Gasteiger partial charge in [0.25, 0.3) is 5.91 Å². The molecule has 28 heavy (non-hydrogen) atoms. The smallest absolute Gasteiger partial charge is 0.261 e. The van der Waals surface area contributed by atoms with Gasteiger partial charge in [-0.2, -0.15) is 0 Å². The molecule has 0 aliphatic heterocycles. The molecule has 0 bridgehead atoms. The zero-order valence-electron chi connectivity index (χ0n) is 16.5. The zero-order valence-corrected chi connectivity index (χ0v) is 16.5. The van der Waals surface area contributed by atoms with Crippen molar-refractivity contribution in [3.05, 3.63) is 72.3 Å². The molecule has 0 spiro atoms. The number of hydrogen-bond donors (Lipinski definition) is 1. The summed E-state index contributed by atoms with van der Waals surface area (Å²) in [5, 5.41) is 5.11. The average molecular weight is 377 g/mol. The summed E-state index contributed by atoms with van der Waals surface area (Å²) in [5.41, 5.74) is 1.25. The van der Waals surface area contributed by atoms with Crippen molar-refractivity contribution in [2.24, 2.45) is 0 Å². The quantitative estimate of drug-likeness (QED) is 0.547. The highest BCUT2D eigenvalue weighted by atomic mass is 16.5. The van der Waals surface area contributed by atoms with Gasteiger partial charge in [0, 0.05) is 5.39 Å². The van der Waals surface area contributed by atoms with Crippen LogP contribution in [0.5, 0.6) is 11.5 Å². The van der Waals surface area contributed by atoms with Crippen molar-refractivity contribution in [2.45, 2.75) is 32.8 Å². The van der Waals surface area contributed by atoms with E-state index in [1.165, 1.54) is 5.56 Å². The van der Waals surface area contributed by atoms with Crippen LogP contribution in [-0.2, 0) is 11.2 Å². The molecule has 1 unspecified atom stereocenters. The van der Waals surface area contributed by atoms with Gasteiger partial charge in [-0.15, -0.1) is 0 Å². The number of aryl methyl sites for hydroxylation is 1. The van der Waals surface area contributed by atoms with E-state index < -0.39 is 6.10 Å². The van der Waals surface area contributed by atoms with Gasteiger partial charge in [0.2, 0.25) is 0 Å². The number of carbonyl (C=O) groups excluding carboxylic acids is 1. The minimum atomic E-state index is -0.509. The molecule has 3 aromatic rings. The maximum atomic E-state index is 12.4. The van der Waals surface area contributed by atoms with Crippen LogP contribution in [0.25, 0.3) is 10.8 Å². The molecule has 1 N–H and O–H groups in total. The Morgan fingerprint density at radius 3 is 2.46 bits per heavy atom. The second-order valence-electron chi connectivity index (χ2n) is 6.63. The van der Waals surface area contributed by atoms with E-state index in [4.69, 9.17) is 9.47 Å². The molecule has 4 nitrogen and oxygen atoms in total. The van der Waals surface area contributed by atoms with Crippen LogP contribution in [0.15, 0.2) is 66.7 Å². The Kier molecular flexibility index (Phi) is 6.90. The lowest BCUT2D eigenvalue weighted by Gasteiger charge is -2.18. The van der Waals surface area contributed by atoms with Gasteiger partial charge in [-0.05, 0) is 42.0 Å². The maximum absolute atomic E-state index is 12.4. The Hall–Kier alpha value is -3.01. The van der Waals surface area contributed by atoms with Gasteiger partial charge in [-0.1, -0.05) is 62.4 Å². The van der Waals surface area contributed by atoms with E-state index in [0.29, 0.717) is 25.3 Å². The zero-order chi connectivity index (χ0) is 19.8. The predicted molar refractivity (Wildman–Crippen MR) is 113 cm³/mol. The molecule has 1 atom stereocenters. The number of benzene rings is 3. The maximum Gasteiger partial charge on any atom is 0.261 e. The first-order valence-electron chi connectivity index (χ1n) is 9.85. The number of hydrogen-bond acceptors (Lipinski definition) is 3. The van der Waals surface area contributed by atoms with Gasteiger partial charge in [0.1, 0.15) is 18.1 Å². The van der Waals surface area contributed by atoms with Gasteiger partial charge in [0.05, 0.1) is 6.54 Å². The van der Waals surface area contributed by atoms with E-state index >= 15 is 0 Å². The summed E-state index contributed by atoms with van der Waals surface area (Å²) in [4.78, 5) is 12.4. The minimum Gasteiger partial charge on any atom is -0.491 e. The fourth-order valence-corrected chi connectivity index (χ4v) is 3.06. The van der Waals surface area contributed by atoms with Crippen molar-refractivity contribution in [1.82, 2.24) is 5.32 Å². The van der Waals surface area contributed by atoms with Crippen LogP contribution in [0, 0.1) is 0 Å². The predicted octanol–water partition coefficient (Wildman–Crippen LogP) is 4.75. The summed E-state index contributed by atoms with van der Waals surface area (Å²) in [6.45, 7) is 4.88. The number of nitrogens with one attached hydrogen (secondary N) is 1. The van der Waals surface area contributed by atoms with Crippen LogP contribution in [0.4, 0.5) is 0 Å². The van der Waals surface area contributed by atoms with Gasteiger partial charge >= 0.3 is 0 Å². The largest absolute Gasteiger partial charge is 0.491 e. The van der Waals surface area contributed by atoms with Crippen LogP contribution in [-0.4, -0.2) is 25.2 Å². The molecule has 1 amide bonds. The van der Waals surface area contributed by atoms with Crippen molar-refractivity contribution in [2.75, 3.05) is 13.2 Å². The molecular formula is C24H27NO3. The summed E-state index contributed by atoms with van der Waals surface area (Å²) >= 11 is 0. The monoisotopic (exact) mass is 377 g/mol. The molecular weight excluding hydrogens is 350 g/mol. The third kappa shape index (κ3) is 5.03. The number of carbonyl (C=O) groups is 1. The molecule has 0 aliphatic rings. The van der Waals surface area contributed by atoms with Gasteiger partial charge in [-0.25, -0.2) is 0 Å². The molecule has 0 radical (unpaired) electrons. The normalized spacial score (nSPS) is 11.8. The lowest BCUT2D eigenvalue weighted by atomic mass is 10.1. The molecule has 0 aliphatic carbocycles. The molecule has 0 saturated heterocycles. The Balaban J connectivity index is 1.49. The second kappa shape index (κ2) is 9.79. The van der Waals surface area contributed by atoms with E-state index in [1.54, 1.807) is 0 Å². The first-order valence-corrected chi connectivity index (χ1v) is 9.85. The average Bonchev–Trinajstić information content (AvgIpc) is 2.75. The van der Waals surface area contributed by atoms with Gasteiger partial charge in [0.15, 0.2) is 6.10 Å². The molecule has 3 aromatic carbocycles. The van der Waals surface area contributed by atoms with Crippen molar-refractivity contribution >= 4 is 16.7 Å². The fourth-order valence-electron chi connectivity index (χ4n) is 3.06. The molecule has 0 saturated carbocycles. The Morgan fingerprint density at radius 2 is 1.71 bits per heavy atom. The van der Waals surface area contributed by atoms with E-state index in [1.807, 2.05) is 61.5 Å². The van der Waals surface area contributed by atoms with Gasteiger partial charge in [-0.3, -0.25) is 4.79 Å². The third-order valence-corrected chi connectivity index (χ3v) is 4.68. The van der Waals surface area contributed by atoms with Crippen molar-refractivity contribution in [3.63, 3.8) is 0 Å². The topological polar surface area (TPSA) is 47.6 Å². The molecule has 0 heterocycles. The third-order valence-electron chi connectivity index (χ3n) is 4.68. The van der Waals surface area contributed by atoms with E-state index in [9.17, 15) is 4.79 Å². The van der Waals surface area contributed by atoms with Crippen molar-refractivity contribution < 1.29 is 14.3 Å². The van der Waals surface area contributed by atoms with Crippen LogP contribution >= 0.6 is 0 Å². The number of rotatable bonds is 9. The highest BCUT2D eigenvalue weighted by molar-refractivity contribution is 5.88. The SMILES string of the molecule is CCc1ccc(OC(CC)C(=O)NCCOc2cccc3ccccc23)cc1. The van der Waals surface area contributed by atoms with Crippen LogP contribution < -0.4 is 14.8 Å². The summed E-state index contributed by atoms with van der Waals surface area (Å²) in [5.74, 6) is 1.42. The minimum absolute atomic E-state index is 0.122. The summed E-state index contributed by atoms with van der Waals surface area (Å²) < 4.78 is 11.7. The summed E-state index contributed by atoms with van der Waals surface area (Å²) in [7, 11) is 0. The molecule has 146 valence electrons. The van der Waals surface area contributed by atoms with Crippen molar-refractivity contribution in [3.8, 4) is 11.5 Å². The lowest BCUT2D eigenvalue weighted by Crippen LogP contribution is -2.39. The van der Waals surface area contributed by atoms with E-state index in [-0.39, 0.29) is 5.91 Å². The number of fused-ring (bicyclic) bond motifs is 1. The summed E-state index contributed by atoms with van der Waals surface area (Å²) in [6.07, 6.45) is 1.07. The fraction of sp³-hybridized carbons (Fsp3) is 0.292. The Bertz CT molecular complexity index is 900. The first-order chi connectivity index (χ1) is 13.7. The van der Waals surface area contributed by atoms with Gasteiger partial charge < -0.3 is 14.8 Å². The van der Waals surface area contributed by atoms with Crippen LogP contribution in [0.3, 0.4) is 0 Å². The van der Waals surface area contributed by atoms with Crippen molar-refractivity contribution in [1.29, 1.82) is 0 Å². The second-order valence-corrected chi connectivity index (χ2v) is 6.63. The molecule has 3 rings (SSSR count). The standard InChI is InChI=1S/C24H27NO3/c1-3-18-12-14-20(15-13-18)28-22(4-2)24(26)25-16-17-27-23-11-7-9-19-8-5-6-10-21(19)23/h5-15,22H,3-4,16-17H2,1-2H3,(H,25,26). The molecule has 0 fully saturated rings. The highest BCUT2D eigenvalue weighted by Gasteiger charge is 2.17. The Labute approximate surface area is 166 Å². The van der Waals surface area contributed by atoms with E-state index in [2.05, 4.69) is 24.4 Å². The summed E-state index contributed by atoms with van der Waals surface area (Å²) in [6, 6.07) is 21.9. The van der Waals surface area contributed by atoms with Crippen LogP contribution in [0.2, 0.25) is 0 Å². The first kappa shape index (κ1) is 19.7. The molecule has 0 aromatic heterocycles. The van der Waals surface area contributed by atoms with Crippen LogP contribution in [0.1, 0.15) is 25.8 Å². The number of amides is 1. The molecule has 4 heteroatoms. The van der Waals surface area contributed by atoms with E-state index in [0.717, 1.165) is 22.9 Å². The lowest BCUT2D eigenvalue weighted by molar-refractivity contribution is -0.128. The Morgan fingerprint density at radius 1 is 0.964 bits per heavy atom. The highest BCUT2D eigenvalue weighted by Crippen LogP contribution is 2.24. The number of ether oxygens (including phenoxy) is 2.